The first-order valence-electron chi connectivity index (χ1n) is 10.5. The number of carbonyl (C=O) groups excluding carboxylic acids is 2. The normalized spacial score (nSPS) is 12.6. The third-order valence-electron chi connectivity index (χ3n) is 4.54. The lowest BCUT2D eigenvalue weighted by molar-refractivity contribution is -0.144. The molecular formula is C24H30N2O6. The molecule has 172 valence electrons. The first kappa shape index (κ1) is 24.9. The molecule has 2 amide bonds. The van der Waals surface area contributed by atoms with Gasteiger partial charge >= 0.3 is 12.1 Å². The van der Waals surface area contributed by atoms with Gasteiger partial charge in [-0.2, -0.15) is 0 Å². The molecule has 2 rings (SSSR count). The van der Waals surface area contributed by atoms with Crippen LogP contribution in [0.25, 0.3) is 0 Å². The highest BCUT2D eigenvalue weighted by atomic mass is 16.5. The van der Waals surface area contributed by atoms with Crippen molar-refractivity contribution in [3.63, 3.8) is 0 Å². The highest BCUT2D eigenvalue weighted by Gasteiger charge is 2.27. The standard InChI is InChI=1S/C24H30N2O6/c1-17(2)13-20(26-24(30)32-15-19-11-7-4-8-12-19)22(27)25-21(23(28)29)16-31-14-18-9-5-3-6-10-18/h3-12,17,20-21H,13-16H2,1-2H3,(H,25,27)(H,26,30)(H,28,29). The molecule has 0 heterocycles. The van der Waals surface area contributed by atoms with Crippen molar-refractivity contribution in [3.05, 3.63) is 71.8 Å². The van der Waals surface area contributed by atoms with Crippen molar-refractivity contribution in [2.75, 3.05) is 6.61 Å². The van der Waals surface area contributed by atoms with Crippen LogP contribution in [-0.4, -0.2) is 41.8 Å². The highest BCUT2D eigenvalue weighted by Crippen LogP contribution is 2.08. The number of carbonyl (C=O) groups is 3. The summed E-state index contributed by atoms with van der Waals surface area (Å²) in [5.41, 5.74) is 1.71. The Morgan fingerprint density at radius 2 is 1.41 bits per heavy atom. The van der Waals surface area contributed by atoms with Gasteiger partial charge in [-0.1, -0.05) is 74.5 Å². The summed E-state index contributed by atoms with van der Waals surface area (Å²) in [6, 6.07) is 16.3. The summed E-state index contributed by atoms with van der Waals surface area (Å²) in [5.74, 6) is -1.75. The molecule has 0 fully saturated rings. The van der Waals surface area contributed by atoms with Gasteiger partial charge in [0.15, 0.2) is 6.04 Å². The van der Waals surface area contributed by atoms with Crippen molar-refractivity contribution >= 4 is 18.0 Å². The lowest BCUT2D eigenvalue weighted by Gasteiger charge is -2.22. The van der Waals surface area contributed by atoms with Crippen LogP contribution in [0.2, 0.25) is 0 Å². The van der Waals surface area contributed by atoms with Crippen molar-refractivity contribution in [2.24, 2.45) is 5.92 Å². The Morgan fingerprint density at radius 1 is 0.844 bits per heavy atom. The average molecular weight is 443 g/mol. The Bertz CT molecular complexity index is 857. The van der Waals surface area contributed by atoms with E-state index in [4.69, 9.17) is 9.47 Å². The molecular weight excluding hydrogens is 412 g/mol. The zero-order valence-electron chi connectivity index (χ0n) is 18.3. The van der Waals surface area contributed by atoms with Gasteiger partial charge in [-0.05, 0) is 23.5 Å². The fourth-order valence-corrected chi connectivity index (χ4v) is 2.93. The summed E-state index contributed by atoms with van der Waals surface area (Å²) in [5, 5.41) is 14.5. The van der Waals surface area contributed by atoms with Crippen LogP contribution < -0.4 is 10.6 Å². The Balaban J connectivity index is 1.90. The molecule has 32 heavy (non-hydrogen) atoms. The average Bonchev–Trinajstić information content (AvgIpc) is 2.77. The van der Waals surface area contributed by atoms with Crippen LogP contribution in [-0.2, 0) is 32.3 Å². The molecule has 0 aliphatic rings. The van der Waals surface area contributed by atoms with Crippen LogP contribution in [0.15, 0.2) is 60.7 Å². The molecule has 8 nitrogen and oxygen atoms in total. The molecule has 0 saturated carbocycles. The summed E-state index contributed by atoms with van der Waals surface area (Å²) in [6.45, 7) is 3.88. The van der Waals surface area contributed by atoms with E-state index in [1.165, 1.54) is 0 Å². The Hall–Kier alpha value is -3.39. The first-order chi connectivity index (χ1) is 15.3. The van der Waals surface area contributed by atoms with Gasteiger partial charge in [0, 0.05) is 0 Å². The zero-order valence-corrected chi connectivity index (χ0v) is 18.3. The number of rotatable bonds is 12. The Labute approximate surface area is 187 Å². The van der Waals surface area contributed by atoms with E-state index in [0.29, 0.717) is 6.42 Å². The van der Waals surface area contributed by atoms with Crippen molar-refractivity contribution in [1.29, 1.82) is 0 Å². The van der Waals surface area contributed by atoms with E-state index in [2.05, 4.69) is 10.6 Å². The maximum atomic E-state index is 12.7. The van der Waals surface area contributed by atoms with E-state index >= 15 is 0 Å². The minimum atomic E-state index is -1.25. The number of nitrogens with one attached hydrogen (secondary N) is 2. The van der Waals surface area contributed by atoms with Crippen LogP contribution in [0.3, 0.4) is 0 Å². The number of ether oxygens (including phenoxy) is 2. The molecule has 0 aliphatic carbocycles. The van der Waals surface area contributed by atoms with E-state index in [0.717, 1.165) is 11.1 Å². The number of carboxylic acids is 1. The van der Waals surface area contributed by atoms with E-state index in [9.17, 15) is 19.5 Å². The Morgan fingerprint density at radius 3 is 1.94 bits per heavy atom. The fourth-order valence-electron chi connectivity index (χ4n) is 2.93. The second-order valence-corrected chi connectivity index (χ2v) is 7.79. The molecule has 0 aromatic heterocycles. The maximum Gasteiger partial charge on any atom is 0.408 e. The quantitative estimate of drug-likeness (QED) is 0.465. The van der Waals surface area contributed by atoms with Gasteiger partial charge in [0.05, 0.1) is 13.2 Å². The SMILES string of the molecule is CC(C)CC(NC(=O)OCc1ccccc1)C(=O)NC(COCc1ccccc1)C(=O)O. The summed E-state index contributed by atoms with van der Waals surface area (Å²) in [4.78, 5) is 36.5. The van der Waals surface area contributed by atoms with E-state index in [1.807, 2.05) is 74.5 Å². The minimum Gasteiger partial charge on any atom is -0.480 e. The third-order valence-corrected chi connectivity index (χ3v) is 4.54. The smallest absolute Gasteiger partial charge is 0.408 e. The van der Waals surface area contributed by atoms with Crippen molar-refractivity contribution < 1.29 is 29.0 Å². The lowest BCUT2D eigenvalue weighted by Crippen LogP contribution is -2.53. The molecule has 8 heteroatoms. The molecule has 0 aliphatic heterocycles. The van der Waals surface area contributed by atoms with Gasteiger partial charge in [0.25, 0.3) is 0 Å². The van der Waals surface area contributed by atoms with Crippen LogP contribution in [0.1, 0.15) is 31.4 Å². The van der Waals surface area contributed by atoms with Gasteiger partial charge in [-0.25, -0.2) is 9.59 Å². The van der Waals surface area contributed by atoms with Gasteiger partial charge in [-0.15, -0.1) is 0 Å². The van der Waals surface area contributed by atoms with Crippen molar-refractivity contribution in [1.82, 2.24) is 10.6 Å². The van der Waals surface area contributed by atoms with Crippen molar-refractivity contribution in [2.45, 2.75) is 45.6 Å². The molecule has 0 bridgehead atoms. The summed E-state index contributed by atoms with van der Waals surface area (Å²) >= 11 is 0. The number of amides is 2. The van der Waals surface area contributed by atoms with Gasteiger partial charge in [0.2, 0.25) is 5.91 Å². The second kappa shape index (κ2) is 13.1. The molecule has 3 N–H and O–H groups in total. The predicted molar refractivity (Wildman–Crippen MR) is 119 cm³/mol. The molecule has 2 aromatic carbocycles. The van der Waals surface area contributed by atoms with Crippen molar-refractivity contribution in [3.8, 4) is 0 Å². The lowest BCUT2D eigenvalue weighted by atomic mass is 10.0. The third kappa shape index (κ3) is 9.18. The van der Waals surface area contributed by atoms with Crippen LogP contribution in [0.4, 0.5) is 4.79 Å². The van der Waals surface area contributed by atoms with Crippen LogP contribution >= 0.6 is 0 Å². The molecule has 0 saturated heterocycles. The molecule has 2 aromatic rings. The molecule has 2 atom stereocenters. The monoisotopic (exact) mass is 442 g/mol. The number of hydrogen-bond donors (Lipinski definition) is 3. The van der Waals surface area contributed by atoms with E-state index in [-0.39, 0.29) is 25.7 Å². The number of hydrogen-bond acceptors (Lipinski definition) is 5. The zero-order chi connectivity index (χ0) is 23.3. The van der Waals surface area contributed by atoms with E-state index in [1.54, 1.807) is 0 Å². The number of benzene rings is 2. The summed E-state index contributed by atoms with van der Waals surface area (Å²) in [6.07, 6.45) is -0.425. The number of aliphatic carboxylic acids is 1. The van der Waals surface area contributed by atoms with Crippen LogP contribution in [0.5, 0.6) is 0 Å². The summed E-state index contributed by atoms with van der Waals surface area (Å²) in [7, 11) is 0. The van der Waals surface area contributed by atoms with Gasteiger partial charge in [-0.3, -0.25) is 4.79 Å². The fraction of sp³-hybridized carbons (Fsp3) is 0.375. The molecule has 2 unspecified atom stereocenters. The number of alkyl carbamates (subject to hydrolysis) is 1. The second-order valence-electron chi connectivity index (χ2n) is 7.79. The molecule has 0 spiro atoms. The molecule has 0 radical (unpaired) electrons. The predicted octanol–water partition coefficient (Wildman–Crippen LogP) is 3.11. The summed E-state index contributed by atoms with van der Waals surface area (Å²) < 4.78 is 10.7. The maximum absolute atomic E-state index is 12.7. The highest BCUT2D eigenvalue weighted by molar-refractivity contribution is 5.89. The topological polar surface area (TPSA) is 114 Å². The Kier molecular flexibility index (Phi) is 10.2. The largest absolute Gasteiger partial charge is 0.480 e. The van der Waals surface area contributed by atoms with Crippen LogP contribution in [0, 0.1) is 5.92 Å². The van der Waals surface area contributed by atoms with Gasteiger partial charge in [0.1, 0.15) is 12.6 Å². The van der Waals surface area contributed by atoms with Gasteiger partial charge < -0.3 is 25.2 Å². The minimum absolute atomic E-state index is 0.0633. The first-order valence-corrected chi connectivity index (χ1v) is 10.5. The van der Waals surface area contributed by atoms with E-state index < -0.39 is 30.1 Å². The number of carboxylic acid groups (broad SMARTS) is 1.